The third kappa shape index (κ3) is 3.44. The van der Waals surface area contributed by atoms with Crippen LogP contribution >= 0.6 is 22.7 Å². The highest BCUT2D eigenvalue weighted by Gasteiger charge is 2.31. The summed E-state index contributed by atoms with van der Waals surface area (Å²) in [6, 6.07) is 15.4. The molecule has 0 aliphatic carbocycles. The minimum atomic E-state index is -3.25. The van der Waals surface area contributed by atoms with Crippen LogP contribution in [0.25, 0.3) is 0 Å². The highest BCUT2D eigenvalue weighted by molar-refractivity contribution is 7.91. The second-order valence-electron chi connectivity index (χ2n) is 6.13. The van der Waals surface area contributed by atoms with Crippen molar-refractivity contribution in [1.82, 2.24) is 4.90 Å². The molecule has 1 unspecified atom stereocenters. The number of nitrogens with zero attached hydrogens (tertiary/aromatic N) is 1. The quantitative estimate of drug-likeness (QED) is 0.655. The highest BCUT2D eigenvalue weighted by Crippen LogP contribution is 2.39. The molecule has 0 amide bonds. The molecule has 0 bridgehead atoms. The number of fused-ring (bicyclic) bond motifs is 1. The summed E-state index contributed by atoms with van der Waals surface area (Å²) in [5.74, 6) is 0.151. The molecule has 0 saturated heterocycles. The third-order valence-electron chi connectivity index (χ3n) is 4.63. The Bertz CT molecular complexity index is 930. The second-order valence-corrected chi connectivity index (χ2v) is 10.2. The van der Waals surface area contributed by atoms with Crippen molar-refractivity contribution < 1.29 is 8.42 Å². The normalized spacial score (nSPS) is 18.2. The van der Waals surface area contributed by atoms with Crippen molar-refractivity contribution in [2.45, 2.75) is 17.4 Å². The third-order valence-corrected chi connectivity index (χ3v) is 8.26. The zero-order valence-electron chi connectivity index (χ0n) is 13.7. The summed E-state index contributed by atoms with van der Waals surface area (Å²) in [5.41, 5.74) is 1.34. The van der Waals surface area contributed by atoms with Crippen LogP contribution in [0.1, 0.15) is 21.4 Å². The van der Waals surface area contributed by atoms with Crippen LogP contribution < -0.4 is 0 Å². The van der Waals surface area contributed by atoms with E-state index in [4.69, 9.17) is 0 Å². The molecule has 1 aliphatic rings. The van der Waals surface area contributed by atoms with Gasteiger partial charge < -0.3 is 0 Å². The van der Waals surface area contributed by atoms with Crippen LogP contribution in [0.15, 0.2) is 64.2 Å². The van der Waals surface area contributed by atoms with Crippen LogP contribution in [0.3, 0.4) is 0 Å². The van der Waals surface area contributed by atoms with Gasteiger partial charge in [0, 0.05) is 22.8 Å². The van der Waals surface area contributed by atoms with Gasteiger partial charge in [0.05, 0.1) is 16.7 Å². The fourth-order valence-electron chi connectivity index (χ4n) is 3.37. The van der Waals surface area contributed by atoms with Gasteiger partial charge in [-0.3, -0.25) is 4.90 Å². The Balaban J connectivity index is 1.58. The van der Waals surface area contributed by atoms with Crippen molar-refractivity contribution in [2.24, 2.45) is 0 Å². The first-order valence-corrected chi connectivity index (χ1v) is 11.7. The van der Waals surface area contributed by atoms with E-state index in [1.54, 1.807) is 35.6 Å². The van der Waals surface area contributed by atoms with Gasteiger partial charge in [-0.25, -0.2) is 8.42 Å². The van der Waals surface area contributed by atoms with E-state index in [2.05, 4.69) is 33.9 Å². The lowest BCUT2D eigenvalue weighted by atomic mass is 9.99. The molecule has 0 spiro atoms. The van der Waals surface area contributed by atoms with E-state index in [1.807, 2.05) is 17.4 Å². The summed E-state index contributed by atoms with van der Waals surface area (Å²) in [7, 11) is -3.25. The molecule has 0 saturated carbocycles. The topological polar surface area (TPSA) is 37.4 Å². The number of rotatable bonds is 5. The number of hydrogen-bond donors (Lipinski definition) is 0. The van der Waals surface area contributed by atoms with E-state index in [0.717, 1.165) is 13.0 Å². The monoisotopic (exact) mass is 389 g/mol. The maximum absolute atomic E-state index is 12.6. The van der Waals surface area contributed by atoms with Gasteiger partial charge in [0.1, 0.15) is 0 Å². The van der Waals surface area contributed by atoms with Crippen molar-refractivity contribution in [3.05, 3.63) is 74.6 Å². The molecule has 3 heterocycles. The van der Waals surface area contributed by atoms with Gasteiger partial charge in [0.25, 0.3) is 0 Å². The van der Waals surface area contributed by atoms with Crippen LogP contribution in [-0.2, 0) is 16.3 Å². The summed E-state index contributed by atoms with van der Waals surface area (Å²) in [4.78, 5) is 5.45. The first-order valence-electron chi connectivity index (χ1n) is 8.27. The van der Waals surface area contributed by atoms with Crippen molar-refractivity contribution in [2.75, 3.05) is 18.8 Å². The summed E-state index contributed by atoms with van der Waals surface area (Å²) < 4.78 is 25.3. The summed E-state index contributed by atoms with van der Waals surface area (Å²) in [6.07, 6.45) is 1.00. The van der Waals surface area contributed by atoms with Gasteiger partial charge in [-0.2, -0.15) is 0 Å². The fraction of sp³-hybridized carbons (Fsp3) is 0.263. The molecule has 1 atom stereocenters. The van der Waals surface area contributed by atoms with Crippen LogP contribution in [0, 0.1) is 0 Å². The largest absolute Gasteiger partial charge is 0.290 e. The first kappa shape index (κ1) is 17.0. The van der Waals surface area contributed by atoms with Gasteiger partial charge in [-0.15, -0.1) is 22.7 Å². The molecule has 0 radical (unpaired) electrons. The average molecular weight is 390 g/mol. The van der Waals surface area contributed by atoms with Gasteiger partial charge in [-0.1, -0.05) is 24.3 Å². The zero-order valence-corrected chi connectivity index (χ0v) is 16.1. The van der Waals surface area contributed by atoms with Crippen LogP contribution in [0.5, 0.6) is 0 Å². The molecule has 6 heteroatoms. The Morgan fingerprint density at radius 1 is 1.00 bits per heavy atom. The highest BCUT2D eigenvalue weighted by atomic mass is 32.2. The van der Waals surface area contributed by atoms with Crippen LogP contribution in [-0.4, -0.2) is 32.2 Å². The molecule has 3 nitrogen and oxygen atoms in total. The van der Waals surface area contributed by atoms with E-state index >= 15 is 0 Å². The minimum absolute atomic E-state index is 0.151. The molecule has 2 aromatic heterocycles. The Labute approximate surface area is 156 Å². The smallest absolute Gasteiger partial charge is 0.179 e. The molecular formula is C19H19NO2S3. The van der Waals surface area contributed by atoms with Crippen LogP contribution in [0.2, 0.25) is 0 Å². The number of sulfone groups is 1. The Kier molecular flexibility index (Phi) is 4.78. The van der Waals surface area contributed by atoms with E-state index in [1.165, 1.54) is 15.3 Å². The van der Waals surface area contributed by atoms with Gasteiger partial charge in [0.15, 0.2) is 9.84 Å². The number of thiophene rings is 2. The van der Waals surface area contributed by atoms with Crippen molar-refractivity contribution in [3.8, 4) is 0 Å². The Morgan fingerprint density at radius 2 is 1.84 bits per heavy atom. The van der Waals surface area contributed by atoms with Gasteiger partial charge in [-0.05, 0) is 47.0 Å². The molecule has 3 aromatic rings. The summed E-state index contributed by atoms with van der Waals surface area (Å²) in [6.45, 7) is 1.45. The van der Waals surface area contributed by atoms with E-state index < -0.39 is 9.84 Å². The molecular weight excluding hydrogens is 370 g/mol. The molecule has 1 aliphatic heterocycles. The van der Waals surface area contributed by atoms with E-state index in [-0.39, 0.29) is 11.8 Å². The Morgan fingerprint density at radius 3 is 2.60 bits per heavy atom. The fourth-order valence-corrected chi connectivity index (χ4v) is 6.43. The standard InChI is InChI=1S/C19H19NO2S3/c21-25(22,15-5-2-1-3-6-15)14-11-20-10-8-17-16(9-13-24-17)19(20)18-7-4-12-23-18/h1-7,9,12-13,19H,8,10-11,14H2. The summed E-state index contributed by atoms with van der Waals surface area (Å²) in [5, 5.41) is 4.24. The van der Waals surface area contributed by atoms with Gasteiger partial charge in [0.2, 0.25) is 0 Å². The molecule has 0 N–H and O–H groups in total. The lowest BCUT2D eigenvalue weighted by molar-refractivity contribution is 0.231. The maximum Gasteiger partial charge on any atom is 0.179 e. The van der Waals surface area contributed by atoms with Gasteiger partial charge >= 0.3 is 0 Å². The lowest BCUT2D eigenvalue weighted by Gasteiger charge is -2.35. The Hall–Kier alpha value is -1.47. The minimum Gasteiger partial charge on any atom is -0.290 e. The average Bonchev–Trinajstić information content (AvgIpc) is 3.32. The van der Waals surface area contributed by atoms with Crippen molar-refractivity contribution in [1.29, 1.82) is 0 Å². The summed E-state index contributed by atoms with van der Waals surface area (Å²) >= 11 is 3.55. The predicted molar refractivity (Wildman–Crippen MR) is 104 cm³/mol. The number of hydrogen-bond acceptors (Lipinski definition) is 5. The second kappa shape index (κ2) is 7.03. The van der Waals surface area contributed by atoms with Crippen molar-refractivity contribution >= 4 is 32.5 Å². The SMILES string of the molecule is O=S(=O)(CCN1CCc2sccc2C1c1cccs1)c1ccccc1. The molecule has 1 aromatic carbocycles. The first-order chi connectivity index (χ1) is 12.1. The van der Waals surface area contributed by atoms with E-state index in [0.29, 0.717) is 11.4 Å². The predicted octanol–water partition coefficient (Wildman–Crippen LogP) is 4.23. The molecule has 0 fully saturated rings. The number of benzene rings is 1. The van der Waals surface area contributed by atoms with Crippen LogP contribution in [0.4, 0.5) is 0 Å². The molecule has 25 heavy (non-hydrogen) atoms. The van der Waals surface area contributed by atoms with Crippen molar-refractivity contribution in [3.63, 3.8) is 0 Å². The zero-order chi connectivity index (χ0) is 17.3. The van der Waals surface area contributed by atoms with E-state index in [9.17, 15) is 8.42 Å². The lowest BCUT2D eigenvalue weighted by Crippen LogP contribution is -2.38. The maximum atomic E-state index is 12.6. The molecule has 130 valence electrons. The molecule has 4 rings (SSSR count).